The summed E-state index contributed by atoms with van der Waals surface area (Å²) in [7, 11) is 0. The summed E-state index contributed by atoms with van der Waals surface area (Å²) in [6, 6.07) is 11.2. The van der Waals surface area contributed by atoms with E-state index in [1.165, 1.54) is 12.1 Å². The smallest absolute Gasteiger partial charge is 0.200 e. The van der Waals surface area contributed by atoms with Crippen LogP contribution in [0.5, 0.6) is 5.75 Å². The van der Waals surface area contributed by atoms with Gasteiger partial charge in [-0.2, -0.15) is 4.39 Å². The highest BCUT2D eigenvalue weighted by Gasteiger charge is 2.32. The van der Waals surface area contributed by atoms with Gasteiger partial charge in [-0.1, -0.05) is 30.3 Å². The topological polar surface area (TPSA) is 29.5 Å². The molecule has 0 aromatic heterocycles. The minimum absolute atomic E-state index is 0.170. The molecule has 0 aliphatic heterocycles. The normalized spacial score (nSPS) is 21.2. The molecular weight excluding hydrogens is 250 g/mol. The molecule has 2 aromatic rings. The number of hydrogen-bond acceptors (Lipinski definition) is 2. The number of fused-ring (bicyclic) bond motifs is 1. The van der Waals surface area contributed by atoms with E-state index >= 15 is 0 Å². The molecule has 4 heteroatoms. The Bertz CT molecular complexity index is 613. The lowest BCUT2D eigenvalue weighted by atomic mass is 10.1. The number of aliphatic hydroxyl groups is 1. The van der Waals surface area contributed by atoms with Gasteiger partial charge in [0.15, 0.2) is 11.6 Å². The second-order valence-corrected chi connectivity index (χ2v) is 4.56. The first-order chi connectivity index (χ1) is 9.16. The van der Waals surface area contributed by atoms with Crippen molar-refractivity contribution in [3.05, 3.63) is 65.2 Å². The van der Waals surface area contributed by atoms with Crippen LogP contribution in [0.3, 0.4) is 0 Å². The molecule has 0 fully saturated rings. The Kier molecular flexibility index (Phi) is 2.95. The van der Waals surface area contributed by atoms with E-state index in [9.17, 15) is 13.9 Å². The molecule has 19 heavy (non-hydrogen) atoms. The Morgan fingerprint density at radius 2 is 1.84 bits per heavy atom. The van der Waals surface area contributed by atoms with Crippen molar-refractivity contribution >= 4 is 0 Å². The lowest BCUT2D eigenvalue weighted by molar-refractivity contribution is 0.0464. The van der Waals surface area contributed by atoms with Gasteiger partial charge in [0.1, 0.15) is 12.2 Å². The van der Waals surface area contributed by atoms with Gasteiger partial charge in [0, 0.05) is 6.42 Å². The minimum atomic E-state index is -1.02. The Hall–Kier alpha value is -1.94. The first kappa shape index (κ1) is 12.1. The molecule has 0 heterocycles. The second-order valence-electron chi connectivity index (χ2n) is 4.56. The molecule has 0 saturated heterocycles. The summed E-state index contributed by atoms with van der Waals surface area (Å²) in [5, 5.41) is 10.1. The third-order valence-electron chi connectivity index (χ3n) is 3.34. The van der Waals surface area contributed by atoms with Crippen molar-refractivity contribution in [2.75, 3.05) is 0 Å². The first-order valence-corrected chi connectivity index (χ1v) is 6.03. The molecule has 2 atom stereocenters. The molecule has 2 unspecified atom stereocenters. The van der Waals surface area contributed by atoms with E-state index in [1.54, 1.807) is 0 Å². The van der Waals surface area contributed by atoms with Crippen LogP contribution >= 0.6 is 0 Å². The quantitative estimate of drug-likeness (QED) is 0.901. The van der Waals surface area contributed by atoms with Crippen molar-refractivity contribution in [3.63, 3.8) is 0 Å². The van der Waals surface area contributed by atoms with Crippen molar-refractivity contribution in [1.29, 1.82) is 0 Å². The van der Waals surface area contributed by atoms with Crippen LogP contribution in [-0.2, 0) is 6.42 Å². The van der Waals surface area contributed by atoms with Crippen LogP contribution in [0.1, 0.15) is 17.2 Å². The third-order valence-corrected chi connectivity index (χ3v) is 3.34. The van der Waals surface area contributed by atoms with Gasteiger partial charge in [-0.25, -0.2) is 4.39 Å². The maximum atomic E-state index is 13.5. The number of halogens is 2. The molecule has 0 amide bonds. The monoisotopic (exact) mass is 262 g/mol. The Balaban J connectivity index is 1.85. The Morgan fingerprint density at radius 1 is 1.05 bits per heavy atom. The van der Waals surface area contributed by atoms with Crippen molar-refractivity contribution < 1.29 is 18.6 Å². The highest BCUT2D eigenvalue weighted by atomic mass is 19.2. The molecule has 2 aromatic carbocycles. The van der Waals surface area contributed by atoms with Crippen molar-refractivity contribution in [1.82, 2.24) is 0 Å². The van der Waals surface area contributed by atoms with E-state index in [0.717, 1.165) is 17.2 Å². The predicted octanol–water partition coefficient (Wildman–Crippen LogP) is 3.00. The van der Waals surface area contributed by atoms with E-state index in [0.29, 0.717) is 6.42 Å². The van der Waals surface area contributed by atoms with Crippen molar-refractivity contribution in [2.45, 2.75) is 18.6 Å². The summed E-state index contributed by atoms with van der Waals surface area (Å²) in [6.07, 6.45) is -0.930. The lowest BCUT2D eigenvalue weighted by Crippen LogP contribution is -2.22. The second kappa shape index (κ2) is 4.63. The van der Waals surface area contributed by atoms with Crippen LogP contribution in [-0.4, -0.2) is 11.2 Å². The van der Waals surface area contributed by atoms with Crippen LogP contribution in [0.4, 0.5) is 8.78 Å². The van der Waals surface area contributed by atoms with E-state index in [1.807, 2.05) is 24.3 Å². The zero-order chi connectivity index (χ0) is 13.4. The van der Waals surface area contributed by atoms with Gasteiger partial charge < -0.3 is 9.84 Å². The van der Waals surface area contributed by atoms with Crippen molar-refractivity contribution in [2.24, 2.45) is 0 Å². The van der Waals surface area contributed by atoms with Gasteiger partial charge in [0.05, 0.1) is 0 Å². The molecule has 0 saturated carbocycles. The van der Waals surface area contributed by atoms with E-state index in [-0.39, 0.29) is 5.75 Å². The summed E-state index contributed by atoms with van der Waals surface area (Å²) in [5.74, 6) is -2.15. The third kappa shape index (κ3) is 2.08. The maximum absolute atomic E-state index is 13.5. The molecular formula is C15H12F2O2. The fraction of sp³-hybridized carbons (Fsp3) is 0.200. The van der Waals surface area contributed by atoms with Gasteiger partial charge in [0.25, 0.3) is 0 Å². The number of rotatable bonds is 2. The molecule has 2 nitrogen and oxygen atoms in total. The molecule has 0 spiro atoms. The molecule has 1 aliphatic carbocycles. The van der Waals surface area contributed by atoms with E-state index < -0.39 is 23.8 Å². The van der Waals surface area contributed by atoms with Gasteiger partial charge in [0.2, 0.25) is 5.82 Å². The number of benzene rings is 2. The van der Waals surface area contributed by atoms with Crippen LogP contribution in [0.25, 0.3) is 0 Å². The van der Waals surface area contributed by atoms with Crippen LogP contribution < -0.4 is 4.74 Å². The number of hydrogen-bond donors (Lipinski definition) is 1. The maximum Gasteiger partial charge on any atom is 0.200 e. The lowest BCUT2D eigenvalue weighted by Gasteiger charge is -2.18. The fourth-order valence-electron chi connectivity index (χ4n) is 2.38. The SMILES string of the molecule is OC1c2ccccc2CC1Oc1cccc(F)c1F. The standard InChI is InChI=1S/C15H12F2O2/c16-11-6-3-7-12(14(11)17)19-13-8-9-4-1-2-5-10(9)15(13)18/h1-7,13,15,18H,8H2. The highest BCUT2D eigenvalue weighted by molar-refractivity contribution is 5.36. The van der Waals surface area contributed by atoms with E-state index in [4.69, 9.17) is 4.74 Å². The van der Waals surface area contributed by atoms with E-state index in [2.05, 4.69) is 0 Å². The molecule has 0 bridgehead atoms. The summed E-state index contributed by atoms with van der Waals surface area (Å²) >= 11 is 0. The Morgan fingerprint density at radius 3 is 2.63 bits per heavy atom. The van der Waals surface area contributed by atoms with Gasteiger partial charge in [-0.05, 0) is 23.3 Å². The molecule has 0 radical (unpaired) electrons. The zero-order valence-electron chi connectivity index (χ0n) is 10.0. The highest BCUT2D eigenvalue weighted by Crippen LogP contribution is 2.34. The van der Waals surface area contributed by atoms with Crippen molar-refractivity contribution in [3.8, 4) is 5.75 Å². The van der Waals surface area contributed by atoms with Crippen LogP contribution in [0.15, 0.2) is 42.5 Å². The van der Waals surface area contributed by atoms with Gasteiger partial charge >= 0.3 is 0 Å². The molecule has 1 aliphatic rings. The summed E-state index contributed by atoms with van der Waals surface area (Å²) in [6.45, 7) is 0. The number of ether oxygens (including phenoxy) is 1. The van der Waals surface area contributed by atoms with Crippen LogP contribution in [0, 0.1) is 11.6 Å². The summed E-state index contributed by atoms with van der Waals surface area (Å²) < 4.78 is 32.0. The summed E-state index contributed by atoms with van der Waals surface area (Å²) in [4.78, 5) is 0. The summed E-state index contributed by atoms with van der Waals surface area (Å²) in [5.41, 5.74) is 1.75. The zero-order valence-corrected chi connectivity index (χ0v) is 10.0. The van der Waals surface area contributed by atoms with Gasteiger partial charge in [-0.15, -0.1) is 0 Å². The first-order valence-electron chi connectivity index (χ1n) is 6.03. The molecule has 1 N–H and O–H groups in total. The largest absolute Gasteiger partial charge is 0.484 e. The Labute approximate surface area is 109 Å². The minimum Gasteiger partial charge on any atom is -0.484 e. The molecule has 3 rings (SSSR count). The average molecular weight is 262 g/mol. The number of aliphatic hydroxyl groups excluding tert-OH is 1. The fourth-order valence-corrected chi connectivity index (χ4v) is 2.38. The molecule has 98 valence electrons. The predicted molar refractivity (Wildman–Crippen MR) is 65.9 cm³/mol. The average Bonchev–Trinajstić information content (AvgIpc) is 2.73. The van der Waals surface area contributed by atoms with Crippen LogP contribution in [0.2, 0.25) is 0 Å². The van der Waals surface area contributed by atoms with Gasteiger partial charge in [-0.3, -0.25) is 0 Å².